The third-order valence-electron chi connectivity index (χ3n) is 5.24. The molecule has 1 atom stereocenters. The van der Waals surface area contributed by atoms with Crippen LogP contribution in [0.15, 0.2) is 52.3 Å². The fourth-order valence-electron chi connectivity index (χ4n) is 3.56. The second kappa shape index (κ2) is 7.89. The average molecular weight is 404 g/mol. The number of nitrogens with zero attached hydrogens (tertiary/aromatic N) is 3. The van der Waals surface area contributed by atoms with Gasteiger partial charge in [0.1, 0.15) is 6.54 Å². The van der Waals surface area contributed by atoms with Crippen LogP contribution in [0.2, 0.25) is 0 Å². The first-order valence-corrected chi connectivity index (χ1v) is 10.6. The second-order valence-electron chi connectivity index (χ2n) is 7.23. The number of fused-ring (bicyclic) bond motifs is 1. The smallest absolute Gasteiger partial charge is 0.251 e. The lowest BCUT2D eigenvalue weighted by Gasteiger charge is -2.33. The lowest BCUT2D eigenvalue weighted by Crippen LogP contribution is -2.37. The molecule has 0 unspecified atom stereocenters. The van der Waals surface area contributed by atoms with Gasteiger partial charge in [-0.15, -0.1) is 0 Å². The van der Waals surface area contributed by atoms with Crippen LogP contribution in [0, 0.1) is 0 Å². The zero-order chi connectivity index (χ0) is 20.5. The quantitative estimate of drug-likeness (QED) is 0.760. The van der Waals surface area contributed by atoms with Crippen molar-refractivity contribution in [2.24, 2.45) is 0 Å². The summed E-state index contributed by atoms with van der Waals surface area (Å²) < 4.78 is 26.9. The molecule has 1 amide bonds. The Hall–Kier alpha value is -2.45. The Morgan fingerprint density at radius 1 is 1.14 bits per heavy atom. The molecule has 0 bridgehead atoms. The van der Waals surface area contributed by atoms with Gasteiger partial charge in [0.2, 0.25) is 15.9 Å². The van der Waals surface area contributed by atoms with Crippen LogP contribution >= 0.6 is 0 Å². The second-order valence-corrected chi connectivity index (χ2v) is 9.38. The molecule has 1 aliphatic carbocycles. The molecule has 0 fully saturated rings. The minimum absolute atomic E-state index is 0.0180. The molecule has 0 N–H and O–H groups in total. The van der Waals surface area contributed by atoms with Gasteiger partial charge in [-0.1, -0.05) is 24.3 Å². The molecule has 1 aromatic heterocycles. The maximum absolute atomic E-state index is 12.9. The number of carbonyl (C=O) groups excluding carboxylic acids is 1. The highest BCUT2D eigenvalue weighted by atomic mass is 32.2. The van der Waals surface area contributed by atoms with Crippen LogP contribution in [0.4, 0.5) is 0 Å². The predicted octanol–water partition coefficient (Wildman–Crippen LogP) is 1.63. The van der Waals surface area contributed by atoms with Gasteiger partial charge >= 0.3 is 0 Å². The zero-order valence-corrected chi connectivity index (χ0v) is 17.1. The summed E-state index contributed by atoms with van der Waals surface area (Å²) in [5.41, 5.74) is 1.97. The topological polar surface area (TPSA) is 79.7 Å². The highest BCUT2D eigenvalue weighted by Gasteiger charge is 2.27. The third kappa shape index (κ3) is 3.88. The van der Waals surface area contributed by atoms with E-state index in [-0.39, 0.29) is 23.4 Å². The van der Waals surface area contributed by atoms with Crippen molar-refractivity contribution in [1.82, 2.24) is 13.8 Å². The van der Waals surface area contributed by atoms with Gasteiger partial charge in [0, 0.05) is 33.4 Å². The van der Waals surface area contributed by atoms with E-state index >= 15 is 0 Å². The van der Waals surface area contributed by atoms with Crippen LogP contribution in [-0.4, -0.2) is 49.2 Å². The number of aryl methyl sites for hydroxylation is 1. The minimum atomic E-state index is -3.68. The summed E-state index contributed by atoms with van der Waals surface area (Å²) in [5.74, 6) is -0.233. The van der Waals surface area contributed by atoms with E-state index in [1.54, 1.807) is 11.9 Å². The Morgan fingerprint density at radius 3 is 2.57 bits per heavy atom. The van der Waals surface area contributed by atoms with Crippen molar-refractivity contribution in [1.29, 1.82) is 0 Å². The third-order valence-corrected chi connectivity index (χ3v) is 7.04. The predicted molar refractivity (Wildman–Crippen MR) is 106 cm³/mol. The maximum atomic E-state index is 12.9. The Kier molecular flexibility index (Phi) is 5.71. The number of likely N-dealkylation sites (N-methyl/N-ethyl adjacent to an activating group) is 1. The molecule has 28 heavy (non-hydrogen) atoms. The summed E-state index contributed by atoms with van der Waals surface area (Å²) in [6.07, 6.45) is 4.09. The van der Waals surface area contributed by atoms with Crippen LogP contribution in [0.1, 0.15) is 30.0 Å². The van der Waals surface area contributed by atoms with E-state index in [9.17, 15) is 18.0 Å². The molecule has 2 aromatic rings. The number of pyridine rings is 1. The van der Waals surface area contributed by atoms with Crippen LogP contribution in [0.3, 0.4) is 0 Å². The lowest BCUT2D eigenvalue weighted by molar-refractivity contribution is -0.133. The lowest BCUT2D eigenvalue weighted by atomic mass is 9.87. The summed E-state index contributed by atoms with van der Waals surface area (Å²) in [6.45, 7) is -0.204. The zero-order valence-electron chi connectivity index (χ0n) is 16.3. The molecule has 1 heterocycles. The summed E-state index contributed by atoms with van der Waals surface area (Å²) in [7, 11) is 0.894. The van der Waals surface area contributed by atoms with E-state index in [1.807, 2.05) is 18.2 Å². The normalized spacial score (nSPS) is 16.6. The number of sulfonamides is 1. The number of amides is 1. The first kappa shape index (κ1) is 20.3. The average Bonchev–Trinajstić information content (AvgIpc) is 2.68. The molecule has 0 aliphatic heterocycles. The van der Waals surface area contributed by atoms with E-state index in [0.717, 1.165) is 33.7 Å². The number of hydrogen-bond acceptors (Lipinski definition) is 4. The van der Waals surface area contributed by atoms with E-state index in [4.69, 9.17) is 0 Å². The number of benzene rings is 1. The van der Waals surface area contributed by atoms with Gasteiger partial charge in [0.05, 0.1) is 10.9 Å². The highest BCUT2D eigenvalue weighted by molar-refractivity contribution is 7.89. The van der Waals surface area contributed by atoms with E-state index < -0.39 is 15.6 Å². The number of carbonyl (C=O) groups is 1. The number of rotatable bonds is 5. The van der Waals surface area contributed by atoms with Gasteiger partial charge in [0.25, 0.3) is 5.56 Å². The molecule has 3 rings (SSSR count). The van der Waals surface area contributed by atoms with Gasteiger partial charge in [-0.2, -0.15) is 0 Å². The Labute approximate surface area is 165 Å². The summed E-state index contributed by atoms with van der Waals surface area (Å²) >= 11 is 0. The molecule has 7 nitrogen and oxygen atoms in total. The Morgan fingerprint density at radius 2 is 1.86 bits per heavy atom. The standard InChI is InChI=1S/C20H25N3O4S/c1-21(2)28(26,27)16-11-12-19(24)23(13-16)14-20(25)22(3)18-10-6-8-15-7-4-5-9-17(15)18/h4-5,7,9,11-13,18H,6,8,10,14H2,1-3H3/t18-/m1/s1. The number of hydrogen-bond donors (Lipinski definition) is 0. The Bertz CT molecular complexity index is 1040. The van der Waals surface area contributed by atoms with Gasteiger partial charge in [-0.3, -0.25) is 9.59 Å². The molecular formula is C20H25N3O4S. The first-order valence-electron chi connectivity index (χ1n) is 9.18. The van der Waals surface area contributed by atoms with E-state index in [2.05, 4.69) is 6.07 Å². The molecule has 0 saturated heterocycles. The molecule has 0 radical (unpaired) electrons. The van der Waals surface area contributed by atoms with Gasteiger partial charge in [-0.05, 0) is 36.5 Å². The van der Waals surface area contributed by atoms with Crippen LogP contribution in [-0.2, 0) is 27.8 Å². The van der Waals surface area contributed by atoms with Crippen molar-refractivity contribution >= 4 is 15.9 Å². The van der Waals surface area contributed by atoms with Gasteiger partial charge in [0.15, 0.2) is 0 Å². The van der Waals surface area contributed by atoms with Gasteiger partial charge in [-0.25, -0.2) is 12.7 Å². The molecule has 1 aromatic carbocycles. The molecule has 0 spiro atoms. The largest absolute Gasteiger partial charge is 0.337 e. The van der Waals surface area contributed by atoms with Gasteiger partial charge < -0.3 is 9.47 Å². The first-order chi connectivity index (χ1) is 13.2. The highest BCUT2D eigenvalue weighted by Crippen LogP contribution is 2.33. The fourth-order valence-corrected chi connectivity index (χ4v) is 4.48. The monoisotopic (exact) mass is 403 g/mol. The SMILES string of the molecule is CN(C(=O)Cn1cc(S(=O)(=O)N(C)C)ccc1=O)[C@@H]1CCCc2ccccc21. The van der Waals surface area contributed by atoms with Crippen molar-refractivity contribution in [3.63, 3.8) is 0 Å². The van der Waals surface area contributed by atoms with Crippen molar-refractivity contribution in [2.75, 3.05) is 21.1 Å². The van der Waals surface area contributed by atoms with Crippen LogP contribution < -0.4 is 5.56 Å². The van der Waals surface area contributed by atoms with Crippen LogP contribution in [0.25, 0.3) is 0 Å². The van der Waals surface area contributed by atoms with Crippen molar-refractivity contribution in [2.45, 2.75) is 36.7 Å². The van der Waals surface area contributed by atoms with Crippen molar-refractivity contribution in [3.05, 3.63) is 64.1 Å². The Balaban J connectivity index is 1.85. The molecular weight excluding hydrogens is 378 g/mol. The molecule has 0 saturated carbocycles. The molecule has 8 heteroatoms. The van der Waals surface area contributed by atoms with Crippen LogP contribution in [0.5, 0.6) is 0 Å². The van der Waals surface area contributed by atoms with E-state index in [1.165, 1.54) is 38.0 Å². The van der Waals surface area contributed by atoms with E-state index in [0.29, 0.717) is 0 Å². The summed E-state index contributed by atoms with van der Waals surface area (Å²) in [4.78, 5) is 26.7. The fraction of sp³-hybridized carbons (Fsp3) is 0.400. The maximum Gasteiger partial charge on any atom is 0.251 e. The molecule has 1 aliphatic rings. The number of aromatic nitrogens is 1. The summed E-state index contributed by atoms with van der Waals surface area (Å²) in [6, 6.07) is 10.5. The minimum Gasteiger partial charge on any atom is -0.337 e. The van der Waals surface area contributed by atoms with Crippen molar-refractivity contribution in [3.8, 4) is 0 Å². The summed E-state index contributed by atoms with van der Waals surface area (Å²) in [5, 5.41) is 0. The van der Waals surface area contributed by atoms with Crippen molar-refractivity contribution < 1.29 is 13.2 Å². The molecule has 150 valence electrons.